The standard InChI is InChI=1S/C16H14ClN3O2/c17-11-5-7-12(8-6-11)22-10-16-19-13-3-1-2-4-14(13)20(16)9-15(18)21/h1-8H,9-10H2,(H2,18,21). The maximum Gasteiger partial charge on any atom is 0.237 e. The fourth-order valence-electron chi connectivity index (χ4n) is 2.25. The van der Waals surface area contributed by atoms with Gasteiger partial charge in [-0.15, -0.1) is 0 Å². The number of fused-ring (bicyclic) bond motifs is 1. The molecule has 0 atom stereocenters. The normalized spacial score (nSPS) is 10.8. The van der Waals surface area contributed by atoms with E-state index in [-0.39, 0.29) is 13.2 Å². The van der Waals surface area contributed by atoms with Gasteiger partial charge in [-0.05, 0) is 36.4 Å². The van der Waals surface area contributed by atoms with E-state index in [4.69, 9.17) is 22.1 Å². The maximum absolute atomic E-state index is 11.3. The molecule has 0 fully saturated rings. The fraction of sp³-hybridized carbons (Fsp3) is 0.125. The number of nitrogens with two attached hydrogens (primary N) is 1. The number of para-hydroxylation sites is 2. The van der Waals surface area contributed by atoms with Crippen molar-refractivity contribution in [1.29, 1.82) is 0 Å². The first kappa shape index (κ1) is 14.4. The van der Waals surface area contributed by atoms with E-state index in [1.165, 1.54) is 0 Å². The van der Waals surface area contributed by atoms with Crippen LogP contribution >= 0.6 is 11.6 Å². The fourth-order valence-corrected chi connectivity index (χ4v) is 2.37. The Morgan fingerprint density at radius 2 is 1.91 bits per heavy atom. The largest absolute Gasteiger partial charge is 0.486 e. The Bertz CT molecular complexity index is 812. The molecule has 1 amide bonds. The smallest absolute Gasteiger partial charge is 0.237 e. The lowest BCUT2D eigenvalue weighted by Crippen LogP contribution is -2.20. The number of carbonyl (C=O) groups is 1. The van der Waals surface area contributed by atoms with Gasteiger partial charge in [0.05, 0.1) is 11.0 Å². The first-order valence-corrected chi connectivity index (χ1v) is 7.12. The molecule has 3 rings (SSSR count). The number of amides is 1. The molecule has 0 radical (unpaired) electrons. The van der Waals surface area contributed by atoms with Crippen molar-refractivity contribution in [2.45, 2.75) is 13.2 Å². The molecule has 0 bridgehead atoms. The quantitative estimate of drug-likeness (QED) is 0.787. The molecular formula is C16H14ClN3O2. The van der Waals surface area contributed by atoms with Gasteiger partial charge in [0, 0.05) is 5.02 Å². The first-order chi connectivity index (χ1) is 10.6. The van der Waals surface area contributed by atoms with Gasteiger partial charge in [0.2, 0.25) is 5.91 Å². The van der Waals surface area contributed by atoms with Crippen LogP contribution < -0.4 is 10.5 Å². The maximum atomic E-state index is 11.3. The summed E-state index contributed by atoms with van der Waals surface area (Å²) in [5.41, 5.74) is 6.99. The first-order valence-electron chi connectivity index (χ1n) is 6.74. The molecule has 6 heteroatoms. The summed E-state index contributed by atoms with van der Waals surface area (Å²) in [5, 5.41) is 0.647. The summed E-state index contributed by atoms with van der Waals surface area (Å²) in [6.45, 7) is 0.309. The number of aromatic nitrogens is 2. The van der Waals surface area contributed by atoms with E-state index in [1.54, 1.807) is 28.8 Å². The number of nitrogens with zero attached hydrogens (tertiary/aromatic N) is 2. The molecule has 2 aromatic carbocycles. The molecule has 0 aliphatic heterocycles. The van der Waals surface area contributed by atoms with Gasteiger partial charge in [0.25, 0.3) is 0 Å². The topological polar surface area (TPSA) is 70.1 Å². The summed E-state index contributed by atoms with van der Waals surface area (Å²) < 4.78 is 7.48. The van der Waals surface area contributed by atoms with Crippen LogP contribution in [0.25, 0.3) is 11.0 Å². The van der Waals surface area contributed by atoms with Crippen LogP contribution in [-0.4, -0.2) is 15.5 Å². The summed E-state index contributed by atoms with van der Waals surface area (Å²) in [6, 6.07) is 14.6. The monoisotopic (exact) mass is 315 g/mol. The molecular weight excluding hydrogens is 302 g/mol. The number of hydrogen-bond donors (Lipinski definition) is 1. The Balaban J connectivity index is 1.88. The van der Waals surface area contributed by atoms with E-state index < -0.39 is 5.91 Å². The van der Waals surface area contributed by atoms with Crippen molar-refractivity contribution < 1.29 is 9.53 Å². The van der Waals surface area contributed by atoms with Crippen molar-refractivity contribution >= 4 is 28.5 Å². The highest BCUT2D eigenvalue weighted by molar-refractivity contribution is 6.30. The van der Waals surface area contributed by atoms with Crippen LogP contribution in [0, 0.1) is 0 Å². The van der Waals surface area contributed by atoms with Crippen LogP contribution in [0.5, 0.6) is 5.75 Å². The van der Waals surface area contributed by atoms with Crippen molar-refractivity contribution in [3.8, 4) is 5.75 Å². The Hall–Kier alpha value is -2.53. The second kappa shape index (κ2) is 6.07. The second-order valence-electron chi connectivity index (χ2n) is 4.81. The molecule has 5 nitrogen and oxygen atoms in total. The minimum absolute atomic E-state index is 0.0693. The van der Waals surface area contributed by atoms with E-state index >= 15 is 0 Å². The molecule has 0 unspecified atom stereocenters. The third kappa shape index (κ3) is 3.04. The van der Waals surface area contributed by atoms with Gasteiger partial charge in [-0.3, -0.25) is 4.79 Å². The van der Waals surface area contributed by atoms with E-state index in [0.29, 0.717) is 16.6 Å². The van der Waals surface area contributed by atoms with Crippen LogP contribution in [-0.2, 0) is 17.9 Å². The van der Waals surface area contributed by atoms with Crippen LogP contribution in [0.1, 0.15) is 5.82 Å². The average Bonchev–Trinajstić information content (AvgIpc) is 2.84. The molecule has 0 saturated heterocycles. The van der Waals surface area contributed by atoms with Crippen LogP contribution in [0.3, 0.4) is 0 Å². The molecule has 0 aliphatic rings. The predicted octanol–water partition coefficient (Wildman–Crippen LogP) is 2.75. The molecule has 3 aromatic rings. The second-order valence-corrected chi connectivity index (χ2v) is 5.25. The highest BCUT2D eigenvalue weighted by atomic mass is 35.5. The van der Waals surface area contributed by atoms with Gasteiger partial charge in [0.1, 0.15) is 24.7 Å². The molecule has 0 aliphatic carbocycles. The van der Waals surface area contributed by atoms with Crippen molar-refractivity contribution in [1.82, 2.24) is 9.55 Å². The molecule has 1 aromatic heterocycles. The lowest BCUT2D eigenvalue weighted by atomic mass is 10.3. The van der Waals surface area contributed by atoms with Gasteiger partial charge in [-0.2, -0.15) is 0 Å². The van der Waals surface area contributed by atoms with Crippen molar-refractivity contribution in [3.63, 3.8) is 0 Å². The molecule has 2 N–H and O–H groups in total. The van der Waals surface area contributed by atoms with Crippen LogP contribution in [0.2, 0.25) is 5.02 Å². The van der Waals surface area contributed by atoms with E-state index in [9.17, 15) is 4.79 Å². The SMILES string of the molecule is NC(=O)Cn1c(COc2ccc(Cl)cc2)nc2ccccc21. The molecule has 0 spiro atoms. The van der Waals surface area contributed by atoms with Crippen molar-refractivity contribution in [2.24, 2.45) is 5.73 Å². The number of rotatable bonds is 5. The lowest BCUT2D eigenvalue weighted by Gasteiger charge is -2.09. The summed E-state index contributed by atoms with van der Waals surface area (Å²) in [5.74, 6) is 0.910. The highest BCUT2D eigenvalue weighted by Crippen LogP contribution is 2.19. The van der Waals surface area contributed by atoms with E-state index in [0.717, 1.165) is 11.0 Å². The zero-order chi connectivity index (χ0) is 15.5. The summed E-state index contributed by atoms with van der Waals surface area (Å²) in [4.78, 5) is 15.8. The Kier molecular flexibility index (Phi) is 3.98. The Morgan fingerprint density at radius 3 is 2.64 bits per heavy atom. The van der Waals surface area contributed by atoms with Crippen molar-refractivity contribution in [3.05, 3.63) is 59.4 Å². The van der Waals surface area contributed by atoms with Gasteiger partial charge in [0.15, 0.2) is 0 Å². The number of benzene rings is 2. The third-order valence-electron chi connectivity index (χ3n) is 3.23. The van der Waals surface area contributed by atoms with Crippen LogP contribution in [0.15, 0.2) is 48.5 Å². The predicted molar refractivity (Wildman–Crippen MR) is 84.7 cm³/mol. The third-order valence-corrected chi connectivity index (χ3v) is 3.48. The number of primary amides is 1. The van der Waals surface area contributed by atoms with Gasteiger partial charge in [-0.25, -0.2) is 4.98 Å². The zero-order valence-corrected chi connectivity index (χ0v) is 12.5. The Morgan fingerprint density at radius 1 is 1.18 bits per heavy atom. The summed E-state index contributed by atoms with van der Waals surface area (Å²) >= 11 is 5.84. The minimum atomic E-state index is -0.420. The number of halogens is 1. The summed E-state index contributed by atoms with van der Waals surface area (Å²) in [7, 11) is 0. The van der Waals surface area contributed by atoms with E-state index in [1.807, 2.05) is 24.3 Å². The van der Waals surface area contributed by atoms with Crippen LogP contribution in [0.4, 0.5) is 0 Å². The van der Waals surface area contributed by atoms with Gasteiger partial charge < -0.3 is 15.0 Å². The Labute approximate surface area is 132 Å². The summed E-state index contributed by atoms with van der Waals surface area (Å²) in [6.07, 6.45) is 0. The number of carbonyl (C=O) groups excluding carboxylic acids is 1. The number of hydrogen-bond acceptors (Lipinski definition) is 3. The molecule has 0 saturated carbocycles. The molecule has 1 heterocycles. The van der Waals surface area contributed by atoms with Crippen molar-refractivity contribution in [2.75, 3.05) is 0 Å². The van der Waals surface area contributed by atoms with Gasteiger partial charge in [-0.1, -0.05) is 23.7 Å². The lowest BCUT2D eigenvalue weighted by molar-refractivity contribution is -0.118. The average molecular weight is 316 g/mol. The van der Waals surface area contributed by atoms with Gasteiger partial charge >= 0.3 is 0 Å². The number of ether oxygens (including phenoxy) is 1. The zero-order valence-electron chi connectivity index (χ0n) is 11.7. The number of imidazole rings is 1. The minimum Gasteiger partial charge on any atom is -0.486 e. The van der Waals surface area contributed by atoms with E-state index in [2.05, 4.69) is 4.98 Å². The highest BCUT2D eigenvalue weighted by Gasteiger charge is 2.12. The molecule has 22 heavy (non-hydrogen) atoms. The molecule has 112 valence electrons.